The summed E-state index contributed by atoms with van der Waals surface area (Å²) < 4.78 is 67.3. The first-order valence-electron chi connectivity index (χ1n) is 16.9. The largest absolute Gasteiger partial charge is 0.494 e. The maximum absolute atomic E-state index is 13.2. The fraction of sp³-hybridized carbons (Fsp3) is 0.410. The summed E-state index contributed by atoms with van der Waals surface area (Å²) in [6.45, 7) is 5.91. The molecule has 0 aliphatic heterocycles. The van der Waals surface area contributed by atoms with Crippen molar-refractivity contribution in [2.45, 2.75) is 64.7 Å². The van der Waals surface area contributed by atoms with E-state index in [0.717, 1.165) is 36.5 Å². The molecule has 0 radical (unpaired) electrons. The summed E-state index contributed by atoms with van der Waals surface area (Å²) in [5.41, 5.74) is 1.97. The molecule has 54 heavy (non-hydrogen) atoms. The normalized spacial score (nSPS) is 11.1. The second kappa shape index (κ2) is 27.6. The maximum atomic E-state index is 13.2. The van der Waals surface area contributed by atoms with Crippen LogP contribution in [0.1, 0.15) is 75.8 Å². The lowest BCUT2D eigenvalue weighted by molar-refractivity contribution is -0.142. The predicted molar refractivity (Wildman–Crippen MR) is 199 cm³/mol. The number of hydrogen-bond acceptors (Lipinski definition) is 11. The Morgan fingerprint density at radius 1 is 0.630 bits per heavy atom. The van der Waals surface area contributed by atoms with E-state index >= 15 is 0 Å². The van der Waals surface area contributed by atoms with E-state index in [1.165, 1.54) is 73.0 Å². The van der Waals surface area contributed by atoms with Crippen LogP contribution >= 0.6 is 0 Å². The SMILES string of the molecule is CC/C=C/C(=O)OC.CC[C@@H](CC(=O)OC)c1ccc(F)c(OC)c1.CC[C@H](CC(=O)OC)c1ccc(F)c(OC)c1.COc1cc(B(O)O)ccc1F. The molecule has 3 rings (SSSR count). The first-order valence-corrected chi connectivity index (χ1v) is 16.9. The van der Waals surface area contributed by atoms with Crippen LogP contribution in [0.4, 0.5) is 13.2 Å². The van der Waals surface area contributed by atoms with Gasteiger partial charge >= 0.3 is 25.0 Å². The molecule has 11 nitrogen and oxygen atoms in total. The first-order chi connectivity index (χ1) is 25.7. The van der Waals surface area contributed by atoms with Gasteiger partial charge in [0.05, 0.1) is 55.5 Å². The van der Waals surface area contributed by atoms with Crippen LogP contribution in [0.5, 0.6) is 17.2 Å². The van der Waals surface area contributed by atoms with Crippen molar-refractivity contribution in [2.24, 2.45) is 0 Å². The molecule has 0 fully saturated rings. The van der Waals surface area contributed by atoms with Gasteiger partial charge in [-0.3, -0.25) is 9.59 Å². The van der Waals surface area contributed by atoms with Crippen LogP contribution in [-0.2, 0) is 28.6 Å². The highest BCUT2D eigenvalue weighted by Gasteiger charge is 2.18. The van der Waals surface area contributed by atoms with Crippen molar-refractivity contribution in [3.8, 4) is 17.2 Å². The summed E-state index contributed by atoms with van der Waals surface area (Å²) >= 11 is 0. The van der Waals surface area contributed by atoms with E-state index in [-0.39, 0.29) is 52.5 Å². The van der Waals surface area contributed by atoms with Crippen LogP contribution in [0, 0.1) is 17.5 Å². The lowest BCUT2D eigenvalue weighted by Crippen LogP contribution is -2.29. The fourth-order valence-corrected chi connectivity index (χ4v) is 4.54. The van der Waals surface area contributed by atoms with Crippen LogP contribution in [0.3, 0.4) is 0 Å². The van der Waals surface area contributed by atoms with Gasteiger partial charge < -0.3 is 38.5 Å². The van der Waals surface area contributed by atoms with Crippen molar-refractivity contribution < 1.29 is 66.0 Å². The number of carbonyl (C=O) groups is 3. The molecule has 2 atom stereocenters. The monoisotopic (exact) mass is 764 g/mol. The Labute approximate surface area is 316 Å². The highest BCUT2D eigenvalue weighted by molar-refractivity contribution is 6.58. The number of allylic oxidation sites excluding steroid dienone is 1. The second-order valence-electron chi connectivity index (χ2n) is 11.2. The number of halogens is 3. The van der Waals surface area contributed by atoms with Crippen molar-refractivity contribution in [3.63, 3.8) is 0 Å². The molecule has 0 aliphatic carbocycles. The lowest BCUT2D eigenvalue weighted by atomic mass is 9.80. The van der Waals surface area contributed by atoms with Crippen molar-refractivity contribution in [3.05, 3.63) is 95.3 Å². The number of hydrogen-bond donors (Lipinski definition) is 2. The number of rotatable bonds is 14. The molecule has 0 heterocycles. The minimum absolute atomic E-state index is 0.000556. The summed E-state index contributed by atoms with van der Waals surface area (Å²) in [7, 11) is 6.64. The van der Waals surface area contributed by atoms with Gasteiger partial charge in [-0.1, -0.05) is 45.0 Å². The first kappa shape index (κ1) is 49.0. The third-order valence-corrected chi connectivity index (χ3v) is 7.72. The molecule has 15 heteroatoms. The smallest absolute Gasteiger partial charge is 0.488 e. The van der Waals surface area contributed by atoms with E-state index in [2.05, 4.69) is 18.9 Å². The number of carbonyl (C=O) groups excluding carboxylic acids is 3. The third kappa shape index (κ3) is 18.2. The van der Waals surface area contributed by atoms with Crippen molar-refractivity contribution >= 4 is 30.5 Å². The Kier molecular flexibility index (Phi) is 25.0. The molecule has 0 spiro atoms. The van der Waals surface area contributed by atoms with Gasteiger partial charge in [0.25, 0.3) is 0 Å². The van der Waals surface area contributed by atoms with Gasteiger partial charge in [0.2, 0.25) is 0 Å². The van der Waals surface area contributed by atoms with Gasteiger partial charge in [-0.25, -0.2) is 18.0 Å². The minimum Gasteiger partial charge on any atom is -0.494 e. The summed E-state index contributed by atoms with van der Waals surface area (Å²) in [4.78, 5) is 32.8. The summed E-state index contributed by atoms with van der Waals surface area (Å²) in [5, 5.41) is 17.4. The topological polar surface area (TPSA) is 147 Å². The van der Waals surface area contributed by atoms with E-state index in [1.807, 2.05) is 20.8 Å². The van der Waals surface area contributed by atoms with Crippen molar-refractivity contribution in [1.82, 2.24) is 0 Å². The average Bonchev–Trinajstić information content (AvgIpc) is 3.19. The molecular formula is C39H52BF3O11. The molecule has 298 valence electrons. The Morgan fingerprint density at radius 3 is 1.33 bits per heavy atom. The molecule has 0 saturated carbocycles. The summed E-state index contributed by atoms with van der Waals surface area (Å²) in [5.74, 6) is -1.69. The highest BCUT2D eigenvalue weighted by atomic mass is 19.1. The Morgan fingerprint density at radius 2 is 1.02 bits per heavy atom. The van der Waals surface area contributed by atoms with Crippen molar-refractivity contribution in [2.75, 3.05) is 42.7 Å². The average molecular weight is 765 g/mol. The van der Waals surface area contributed by atoms with Crippen LogP contribution in [0.2, 0.25) is 0 Å². The van der Waals surface area contributed by atoms with Gasteiger partial charge in [-0.15, -0.1) is 0 Å². The second-order valence-corrected chi connectivity index (χ2v) is 11.2. The molecule has 0 unspecified atom stereocenters. The van der Waals surface area contributed by atoms with E-state index < -0.39 is 24.6 Å². The molecule has 0 bridgehead atoms. The van der Waals surface area contributed by atoms with Gasteiger partial charge in [-0.2, -0.15) is 0 Å². The quantitative estimate of drug-likeness (QED) is 0.0812. The summed E-state index contributed by atoms with van der Waals surface area (Å²) in [6.07, 6.45) is 6.19. The predicted octanol–water partition coefficient (Wildman–Crippen LogP) is 6.42. The van der Waals surface area contributed by atoms with E-state index in [1.54, 1.807) is 30.3 Å². The molecule has 0 saturated heterocycles. The van der Waals surface area contributed by atoms with E-state index in [9.17, 15) is 27.6 Å². The zero-order valence-corrected chi connectivity index (χ0v) is 32.3. The minimum atomic E-state index is -1.60. The zero-order valence-electron chi connectivity index (χ0n) is 32.3. The molecule has 0 aliphatic rings. The number of benzene rings is 3. The molecule has 0 aromatic heterocycles. The molecule has 2 N–H and O–H groups in total. The standard InChI is InChI=1S/2C13H17FO3.C7H8BFO3.C6H10O2/c2*1-4-9(8-13(15)17-3)10-5-6-11(14)12(7-10)16-2;1-12-7-4-5(8(10)11)2-3-6(7)9;1-3-4-5-6(7)8-2/h2*5-7,9H,4,8H2,1-3H3;2-4,10-11H,1H3;4-5H,3H2,1-2H3/b;;;5-4+/t2*9-;;/m10../s1. The van der Waals surface area contributed by atoms with Crippen LogP contribution in [0.25, 0.3) is 0 Å². The molecule has 3 aromatic rings. The molecule has 3 aromatic carbocycles. The number of methoxy groups -OCH3 is 6. The molecule has 0 amide bonds. The Bertz CT molecular complexity index is 1530. The fourth-order valence-electron chi connectivity index (χ4n) is 4.54. The lowest BCUT2D eigenvalue weighted by Gasteiger charge is -2.15. The zero-order chi connectivity index (χ0) is 41.2. The summed E-state index contributed by atoms with van der Waals surface area (Å²) in [6, 6.07) is 13.0. The van der Waals surface area contributed by atoms with Crippen LogP contribution in [-0.4, -0.2) is 77.7 Å². The van der Waals surface area contributed by atoms with E-state index in [4.69, 9.17) is 19.5 Å². The van der Waals surface area contributed by atoms with Gasteiger partial charge in [0, 0.05) is 6.08 Å². The van der Waals surface area contributed by atoms with Crippen molar-refractivity contribution in [1.29, 1.82) is 0 Å². The van der Waals surface area contributed by atoms with Gasteiger partial charge in [0.1, 0.15) is 0 Å². The maximum Gasteiger partial charge on any atom is 0.488 e. The number of ether oxygens (including phenoxy) is 6. The third-order valence-electron chi connectivity index (χ3n) is 7.72. The molecular weight excluding hydrogens is 712 g/mol. The van der Waals surface area contributed by atoms with Gasteiger partial charge in [-0.05, 0) is 84.1 Å². The van der Waals surface area contributed by atoms with E-state index in [0.29, 0.717) is 12.8 Å². The number of esters is 3. The Balaban J connectivity index is 0.000000719. The highest BCUT2D eigenvalue weighted by Crippen LogP contribution is 2.29. The van der Waals surface area contributed by atoms with Gasteiger partial charge in [0.15, 0.2) is 34.7 Å². The van der Waals surface area contributed by atoms with Crippen LogP contribution in [0.15, 0.2) is 66.7 Å². The van der Waals surface area contributed by atoms with Crippen LogP contribution < -0.4 is 19.7 Å². The Hall–Kier alpha value is -5.02.